The first-order chi connectivity index (χ1) is 11.6. The monoisotopic (exact) mass is 386 g/mol. The van der Waals surface area contributed by atoms with Crippen LogP contribution in [0.1, 0.15) is 21.7 Å². The van der Waals surface area contributed by atoms with Crippen LogP contribution in [0.3, 0.4) is 0 Å². The van der Waals surface area contributed by atoms with Crippen molar-refractivity contribution in [2.24, 2.45) is 0 Å². The van der Waals surface area contributed by atoms with Crippen LogP contribution in [0.5, 0.6) is 0 Å². The number of furan rings is 1. The van der Waals surface area contributed by atoms with Crippen LogP contribution in [0.2, 0.25) is 0 Å². The van der Waals surface area contributed by atoms with E-state index >= 15 is 0 Å². The fraction of sp³-hybridized carbons (Fsp3) is 0.118. The number of aromatic nitrogens is 2. The average molecular weight is 387 g/mol. The van der Waals surface area contributed by atoms with E-state index in [9.17, 15) is 4.79 Å². The first-order valence-corrected chi connectivity index (χ1v) is 8.07. The molecule has 0 spiro atoms. The first kappa shape index (κ1) is 16.2. The zero-order valence-corrected chi connectivity index (χ0v) is 14.5. The fourth-order valence-electron chi connectivity index (χ4n) is 2.08. The van der Waals surface area contributed by atoms with Crippen molar-refractivity contribution < 1.29 is 9.21 Å². The zero-order valence-electron chi connectivity index (χ0n) is 12.9. The number of carbonyl (C=O) groups is 1. The molecule has 7 heteroatoms. The van der Waals surface area contributed by atoms with E-state index in [2.05, 4.69) is 36.5 Å². The van der Waals surface area contributed by atoms with Crippen molar-refractivity contribution in [3.63, 3.8) is 0 Å². The van der Waals surface area contributed by atoms with E-state index in [4.69, 9.17) is 4.42 Å². The smallest absolute Gasteiger partial charge is 0.258 e. The van der Waals surface area contributed by atoms with Gasteiger partial charge >= 0.3 is 0 Å². The number of nitrogens with zero attached hydrogens (tertiary/aromatic N) is 2. The van der Waals surface area contributed by atoms with Crippen molar-refractivity contribution in [2.45, 2.75) is 13.5 Å². The van der Waals surface area contributed by atoms with Crippen LogP contribution in [-0.2, 0) is 6.54 Å². The second-order valence-electron chi connectivity index (χ2n) is 5.14. The van der Waals surface area contributed by atoms with Gasteiger partial charge in [0.25, 0.3) is 5.91 Å². The van der Waals surface area contributed by atoms with Crippen LogP contribution in [0.25, 0.3) is 0 Å². The van der Waals surface area contributed by atoms with Gasteiger partial charge < -0.3 is 15.1 Å². The van der Waals surface area contributed by atoms with E-state index in [1.807, 2.05) is 37.3 Å². The summed E-state index contributed by atoms with van der Waals surface area (Å²) in [6.07, 6.45) is 4.58. The molecule has 3 rings (SSSR count). The number of nitrogens with one attached hydrogen (secondary N) is 2. The third kappa shape index (κ3) is 3.99. The van der Waals surface area contributed by atoms with Gasteiger partial charge in [0.05, 0.1) is 18.4 Å². The molecule has 2 heterocycles. The van der Waals surface area contributed by atoms with Crippen molar-refractivity contribution in [3.05, 3.63) is 70.3 Å². The lowest BCUT2D eigenvalue weighted by Gasteiger charge is -2.09. The van der Waals surface area contributed by atoms with E-state index < -0.39 is 0 Å². The third-order valence-electron chi connectivity index (χ3n) is 3.35. The summed E-state index contributed by atoms with van der Waals surface area (Å²) < 4.78 is 6.18. The quantitative estimate of drug-likeness (QED) is 0.692. The highest BCUT2D eigenvalue weighted by atomic mass is 79.9. The number of hydrogen-bond donors (Lipinski definition) is 2. The Bertz CT molecular complexity index is 832. The van der Waals surface area contributed by atoms with E-state index in [0.717, 1.165) is 21.5 Å². The van der Waals surface area contributed by atoms with Gasteiger partial charge in [-0.3, -0.25) is 4.79 Å². The zero-order chi connectivity index (χ0) is 16.9. The number of carbonyl (C=O) groups excluding carboxylic acids is 1. The van der Waals surface area contributed by atoms with Gasteiger partial charge in [0.15, 0.2) is 0 Å². The minimum Gasteiger partial charge on any atom is -0.467 e. The molecule has 6 nitrogen and oxygen atoms in total. The van der Waals surface area contributed by atoms with Crippen LogP contribution < -0.4 is 10.6 Å². The maximum atomic E-state index is 12.3. The lowest BCUT2D eigenvalue weighted by molar-refractivity contribution is 0.102. The van der Waals surface area contributed by atoms with Crippen molar-refractivity contribution in [1.82, 2.24) is 9.97 Å². The number of aryl methyl sites for hydroxylation is 1. The SMILES string of the molecule is Cc1cc(Br)ccc1NC(=O)c1cnc(NCc2ccco2)nc1. The predicted octanol–water partition coefficient (Wildman–Crippen LogP) is 4.00. The molecule has 0 saturated heterocycles. The van der Waals surface area contributed by atoms with Crippen LogP contribution >= 0.6 is 15.9 Å². The molecule has 1 amide bonds. The number of amides is 1. The van der Waals surface area contributed by atoms with E-state index in [-0.39, 0.29) is 5.91 Å². The molecule has 122 valence electrons. The number of rotatable bonds is 5. The Hall–Kier alpha value is -2.67. The Labute approximate surface area is 147 Å². The minimum absolute atomic E-state index is 0.252. The molecule has 2 aromatic heterocycles. The number of halogens is 1. The summed E-state index contributed by atoms with van der Waals surface area (Å²) in [6, 6.07) is 9.33. The maximum absolute atomic E-state index is 12.3. The number of hydrogen-bond acceptors (Lipinski definition) is 5. The fourth-order valence-corrected chi connectivity index (χ4v) is 2.55. The van der Waals surface area contributed by atoms with Crippen LogP contribution in [0.15, 0.2) is 57.9 Å². The summed E-state index contributed by atoms with van der Waals surface area (Å²) in [7, 11) is 0. The highest BCUT2D eigenvalue weighted by Gasteiger charge is 2.09. The van der Waals surface area contributed by atoms with Crippen LogP contribution in [-0.4, -0.2) is 15.9 Å². The largest absolute Gasteiger partial charge is 0.467 e. The molecule has 0 aliphatic heterocycles. The summed E-state index contributed by atoms with van der Waals surface area (Å²) in [5.41, 5.74) is 2.11. The Morgan fingerprint density at radius 1 is 1.25 bits per heavy atom. The molecule has 0 unspecified atom stereocenters. The molecule has 0 bridgehead atoms. The molecule has 24 heavy (non-hydrogen) atoms. The molecule has 0 radical (unpaired) electrons. The Balaban J connectivity index is 1.63. The van der Waals surface area contributed by atoms with Gasteiger partial charge in [-0.25, -0.2) is 9.97 Å². The molecular weight excluding hydrogens is 372 g/mol. The Kier molecular flexibility index (Phi) is 4.90. The predicted molar refractivity (Wildman–Crippen MR) is 94.9 cm³/mol. The summed E-state index contributed by atoms with van der Waals surface area (Å²) in [5.74, 6) is 0.965. The van der Waals surface area contributed by atoms with Gasteiger partial charge in [-0.2, -0.15) is 0 Å². The summed E-state index contributed by atoms with van der Waals surface area (Å²) in [4.78, 5) is 20.6. The first-order valence-electron chi connectivity index (χ1n) is 7.27. The van der Waals surface area contributed by atoms with Crippen molar-refractivity contribution in [3.8, 4) is 0 Å². The van der Waals surface area contributed by atoms with Crippen LogP contribution in [0.4, 0.5) is 11.6 Å². The highest BCUT2D eigenvalue weighted by Crippen LogP contribution is 2.20. The number of anilines is 2. The molecule has 0 aliphatic carbocycles. The van der Waals surface area contributed by atoms with Gasteiger partial charge in [0, 0.05) is 22.6 Å². The molecule has 1 aromatic carbocycles. The van der Waals surface area contributed by atoms with Gasteiger partial charge in [0.2, 0.25) is 5.95 Å². The van der Waals surface area contributed by atoms with Crippen LogP contribution in [0, 0.1) is 6.92 Å². The Morgan fingerprint density at radius 3 is 2.71 bits per heavy atom. The standard InChI is InChI=1S/C17H15BrN4O2/c1-11-7-13(18)4-5-15(11)22-16(23)12-8-19-17(20-9-12)21-10-14-3-2-6-24-14/h2-9H,10H2,1H3,(H,22,23)(H,19,20,21). The van der Waals surface area contributed by atoms with Crippen molar-refractivity contribution >= 4 is 33.5 Å². The average Bonchev–Trinajstić information content (AvgIpc) is 3.09. The molecule has 0 fully saturated rings. The van der Waals surface area contributed by atoms with E-state index in [0.29, 0.717) is 18.1 Å². The molecule has 0 atom stereocenters. The minimum atomic E-state index is -0.252. The normalized spacial score (nSPS) is 10.4. The van der Waals surface area contributed by atoms with Gasteiger partial charge in [-0.05, 0) is 42.8 Å². The van der Waals surface area contributed by atoms with Gasteiger partial charge in [-0.15, -0.1) is 0 Å². The highest BCUT2D eigenvalue weighted by molar-refractivity contribution is 9.10. The van der Waals surface area contributed by atoms with Gasteiger partial charge in [0.1, 0.15) is 5.76 Å². The maximum Gasteiger partial charge on any atom is 0.258 e. The summed E-state index contributed by atoms with van der Waals surface area (Å²) in [6.45, 7) is 2.41. The van der Waals surface area contributed by atoms with E-state index in [1.54, 1.807) is 6.26 Å². The summed E-state index contributed by atoms with van der Waals surface area (Å²) >= 11 is 3.40. The molecule has 2 N–H and O–H groups in total. The molecule has 0 aliphatic rings. The summed E-state index contributed by atoms with van der Waals surface area (Å²) in [5, 5.41) is 5.88. The second-order valence-corrected chi connectivity index (χ2v) is 6.06. The van der Waals surface area contributed by atoms with Crippen molar-refractivity contribution in [2.75, 3.05) is 10.6 Å². The van der Waals surface area contributed by atoms with E-state index in [1.165, 1.54) is 12.4 Å². The molecular formula is C17H15BrN4O2. The molecule has 0 saturated carbocycles. The third-order valence-corrected chi connectivity index (χ3v) is 3.84. The molecule has 3 aromatic rings. The van der Waals surface area contributed by atoms with Crippen molar-refractivity contribution in [1.29, 1.82) is 0 Å². The lowest BCUT2D eigenvalue weighted by atomic mass is 10.2. The second kappa shape index (κ2) is 7.27. The Morgan fingerprint density at radius 2 is 2.04 bits per heavy atom. The topological polar surface area (TPSA) is 80.0 Å². The number of benzene rings is 1. The van der Waals surface area contributed by atoms with Gasteiger partial charge in [-0.1, -0.05) is 15.9 Å². The lowest BCUT2D eigenvalue weighted by Crippen LogP contribution is -2.14.